The summed E-state index contributed by atoms with van der Waals surface area (Å²) in [6.07, 6.45) is 0. The Bertz CT molecular complexity index is 1420. The molecule has 0 aliphatic carbocycles. The monoisotopic (exact) mass is 503 g/mol. The second-order valence-electron chi connectivity index (χ2n) is 8.94. The molecule has 0 heterocycles. The second-order valence-corrected chi connectivity index (χ2v) is 8.94. The van der Waals surface area contributed by atoms with E-state index < -0.39 is 0 Å². The molecule has 0 unspecified atom stereocenters. The highest BCUT2D eigenvalue weighted by Gasteiger charge is 2.04. The molecule has 0 bridgehead atoms. The van der Waals surface area contributed by atoms with Crippen molar-refractivity contribution in [2.75, 3.05) is 18.0 Å². The van der Waals surface area contributed by atoms with E-state index in [2.05, 4.69) is 57.9 Å². The van der Waals surface area contributed by atoms with Crippen molar-refractivity contribution < 1.29 is 4.74 Å². The number of ether oxygens (including phenoxy) is 1. The van der Waals surface area contributed by atoms with Crippen molar-refractivity contribution in [1.82, 2.24) is 0 Å². The van der Waals surface area contributed by atoms with Gasteiger partial charge in [0.1, 0.15) is 11.5 Å². The molecular formula is C32H33N5O. The zero-order valence-electron chi connectivity index (χ0n) is 22.4. The van der Waals surface area contributed by atoms with E-state index in [4.69, 9.17) is 4.74 Å². The van der Waals surface area contributed by atoms with Crippen LogP contribution in [0.4, 0.5) is 28.4 Å². The van der Waals surface area contributed by atoms with Crippen LogP contribution in [0.15, 0.2) is 118 Å². The quantitative estimate of drug-likeness (QED) is 0.160. The third-order valence-corrected chi connectivity index (χ3v) is 6.16. The van der Waals surface area contributed by atoms with Gasteiger partial charge in [-0.05, 0) is 112 Å². The molecule has 0 atom stereocenters. The Morgan fingerprint density at radius 1 is 0.684 bits per heavy atom. The molecule has 0 aliphatic heterocycles. The molecule has 0 N–H and O–H groups in total. The third kappa shape index (κ3) is 7.01. The lowest BCUT2D eigenvalue weighted by Crippen LogP contribution is -2.21. The molecule has 0 fully saturated rings. The molecule has 38 heavy (non-hydrogen) atoms. The highest BCUT2D eigenvalue weighted by Crippen LogP contribution is 2.29. The van der Waals surface area contributed by atoms with E-state index in [1.807, 2.05) is 92.7 Å². The summed E-state index contributed by atoms with van der Waals surface area (Å²) in [6.45, 7) is 14.3. The SMILES string of the molecule is C=C(Oc1ccc(C)cc1)c1ccc(N=Nc2ccc(N=Nc3ccc(N(CC)CC)cc3)cc2C)cc1. The first-order chi connectivity index (χ1) is 18.4. The maximum atomic E-state index is 5.86. The first kappa shape index (κ1) is 26.5. The summed E-state index contributed by atoms with van der Waals surface area (Å²) in [5, 5.41) is 17.6. The normalized spacial score (nSPS) is 11.3. The minimum absolute atomic E-state index is 0.581. The molecule has 0 spiro atoms. The fraction of sp³-hybridized carbons (Fsp3) is 0.188. The summed E-state index contributed by atoms with van der Waals surface area (Å²) in [6, 6.07) is 29.4. The molecule has 6 nitrogen and oxygen atoms in total. The molecule has 0 aliphatic rings. The Labute approximate surface area is 225 Å². The van der Waals surface area contributed by atoms with Gasteiger partial charge in [-0.2, -0.15) is 20.5 Å². The summed E-state index contributed by atoms with van der Waals surface area (Å²) in [4.78, 5) is 2.30. The summed E-state index contributed by atoms with van der Waals surface area (Å²) in [5.41, 5.74) is 7.34. The summed E-state index contributed by atoms with van der Waals surface area (Å²) < 4.78 is 5.86. The van der Waals surface area contributed by atoms with Gasteiger partial charge in [-0.25, -0.2) is 0 Å². The van der Waals surface area contributed by atoms with Crippen LogP contribution in [-0.2, 0) is 0 Å². The van der Waals surface area contributed by atoms with Gasteiger partial charge in [0, 0.05) is 24.3 Å². The van der Waals surface area contributed by atoms with Gasteiger partial charge in [0.25, 0.3) is 0 Å². The summed E-state index contributed by atoms with van der Waals surface area (Å²) >= 11 is 0. The first-order valence-corrected chi connectivity index (χ1v) is 12.8. The number of azo groups is 2. The lowest BCUT2D eigenvalue weighted by Gasteiger charge is -2.20. The van der Waals surface area contributed by atoms with Gasteiger partial charge >= 0.3 is 0 Å². The Morgan fingerprint density at radius 2 is 1.24 bits per heavy atom. The number of anilines is 1. The van der Waals surface area contributed by atoms with Crippen LogP contribution in [0.25, 0.3) is 5.76 Å². The number of benzene rings is 4. The highest BCUT2D eigenvalue weighted by atomic mass is 16.5. The second kappa shape index (κ2) is 12.6. The van der Waals surface area contributed by atoms with Crippen molar-refractivity contribution in [1.29, 1.82) is 0 Å². The van der Waals surface area contributed by atoms with Gasteiger partial charge in [0.05, 0.1) is 22.7 Å². The molecule has 4 aromatic carbocycles. The molecular weight excluding hydrogens is 470 g/mol. The molecule has 0 saturated heterocycles. The molecule has 6 heteroatoms. The fourth-order valence-corrected chi connectivity index (χ4v) is 3.88. The topological polar surface area (TPSA) is 61.9 Å². The highest BCUT2D eigenvalue weighted by molar-refractivity contribution is 5.62. The van der Waals surface area contributed by atoms with Crippen molar-refractivity contribution in [2.24, 2.45) is 20.5 Å². The van der Waals surface area contributed by atoms with Crippen molar-refractivity contribution in [3.8, 4) is 5.75 Å². The van der Waals surface area contributed by atoms with E-state index in [9.17, 15) is 0 Å². The van der Waals surface area contributed by atoms with Gasteiger partial charge in [-0.3, -0.25) is 0 Å². The summed E-state index contributed by atoms with van der Waals surface area (Å²) in [5.74, 6) is 1.34. The lowest BCUT2D eigenvalue weighted by molar-refractivity contribution is 0.516. The van der Waals surface area contributed by atoms with Crippen LogP contribution < -0.4 is 9.64 Å². The van der Waals surface area contributed by atoms with Crippen LogP contribution in [-0.4, -0.2) is 13.1 Å². The lowest BCUT2D eigenvalue weighted by atomic mass is 10.2. The van der Waals surface area contributed by atoms with Gasteiger partial charge in [-0.1, -0.05) is 24.3 Å². The number of hydrogen-bond donors (Lipinski definition) is 0. The molecule has 4 aromatic rings. The van der Waals surface area contributed by atoms with Gasteiger partial charge in [0.15, 0.2) is 0 Å². The summed E-state index contributed by atoms with van der Waals surface area (Å²) in [7, 11) is 0. The number of rotatable bonds is 10. The zero-order valence-corrected chi connectivity index (χ0v) is 22.4. The van der Waals surface area contributed by atoms with E-state index >= 15 is 0 Å². The number of nitrogens with zero attached hydrogens (tertiary/aromatic N) is 5. The maximum absolute atomic E-state index is 5.86. The fourth-order valence-electron chi connectivity index (χ4n) is 3.88. The Hall–Kier alpha value is -4.58. The van der Waals surface area contributed by atoms with Crippen LogP contribution >= 0.6 is 0 Å². The van der Waals surface area contributed by atoms with Gasteiger partial charge < -0.3 is 9.64 Å². The van der Waals surface area contributed by atoms with E-state index in [0.717, 1.165) is 52.7 Å². The van der Waals surface area contributed by atoms with Crippen LogP contribution in [0.3, 0.4) is 0 Å². The average Bonchev–Trinajstić information content (AvgIpc) is 2.94. The first-order valence-electron chi connectivity index (χ1n) is 12.8. The molecule has 0 radical (unpaired) electrons. The van der Waals surface area contributed by atoms with Crippen molar-refractivity contribution >= 4 is 34.2 Å². The predicted octanol–water partition coefficient (Wildman–Crippen LogP) is 10.0. The Balaban J connectivity index is 1.37. The zero-order chi connectivity index (χ0) is 26.9. The molecule has 192 valence electrons. The smallest absolute Gasteiger partial charge is 0.127 e. The van der Waals surface area contributed by atoms with Crippen molar-refractivity contribution in [3.05, 3.63) is 114 Å². The van der Waals surface area contributed by atoms with E-state index in [0.29, 0.717) is 5.76 Å². The van der Waals surface area contributed by atoms with Gasteiger partial charge in [0.2, 0.25) is 0 Å². The van der Waals surface area contributed by atoms with Crippen molar-refractivity contribution in [2.45, 2.75) is 27.7 Å². The standard InChI is InChI=1S/C32H33N5O/c1-6-37(7-2)30-17-14-28(15-18-30)33-35-29-16-21-32(24(4)22-29)36-34-27-12-10-26(11-13-27)25(5)38-31-19-8-23(3)9-20-31/h8-22H,5-7H2,1-4H3. The van der Waals surface area contributed by atoms with Gasteiger partial charge in [-0.15, -0.1) is 0 Å². The van der Waals surface area contributed by atoms with E-state index in [1.54, 1.807) is 0 Å². The molecule has 0 saturated carbocycles. The number of hydrogen-bond acceptors (Lipinski definition) is 6. The molecule has 0 amide bonds. The Kier molecular flexibility index (Phi) is 8.77. The third-order valence-electron chi connectivity index (χ3n) is 6.16. The minimum atomic E-state index is 0.581. The van der Waals surface area contributed by atoms with E-state index in [1.165, 1.54) is 11.3 Å². The maximum Gasteiger partial charge on any atom is 0.127 e. The number of aryl methyl sites for hydroxylation is 2. The van der Waals surface area contributed by atoms with Crippen LogP contribution in [0.5, 0.6) is 5.75 Å². The largest absolute Gasteiger partial charge is 0.457 e. The van der Waals surface area contributed by atoms with Crippen LogP contribution in [0, 0.1) is 13.8 Å². The molecule has 4 rings (SSSR count). The average molecular weight is 504 g/mol. The van der Waals surface area contributed by atoms with Crippen molar-refractivity contribution in [3.63, 3.8) is 0 Å². The molecule has 0 aromatic heterocycles. The van der Waals surface area contributed by atoms with E-state index in [-0.39, 0.29) is 0 Å². The minimum Gasteiger partial charge on any atom is -0.457 e. The van der Waals surface area contributed by atoms with Crippen LogP contribution in [0.1, 0.15) is 30.5 Å². The van der Waals surface area contributed by atoms with Crippen LogP contribution in [0.2, 0.25) is 0 Å². The predicted molar refractivity (Wildman–Crippen MR) is 157 cm³/mol. The Morgan fingerprint density at radius 3 is 1.84 bits per heavy atom.